The molecule has 1 saturated heterocycles. The molecule has 0 spiro atoms. The smallest absolute Gasteiger partial charge is 0.282 e. The number of benzene rings is 2. The fraction of sp³-hybridized carbons (Fsp3) is 0.360. The molecule has 33 heavy (non-hydrogen) atoms. The topological polar surface area (TPSA) is 70.1 Å². The van der Waals surface area contributed by atoms with Crippen LogP contribution in [0, 0.1) is 17.6 Å². The first kappa shape index (κ1) is 22.9. The molecule has 0 bridgehead atoms. The summed E-state index contributed by atoms with van der Waals surface area (Å²) in [4.78, 5) is 29.6. The summed E-state index contributed by atoms with van der Waals surface area (Å²) in [6.45, 7) is 4.71. The van der Waals surface area contributed by atoms with Crippen molar-refractivity contribution in [3.8, 4) is 5.75 Å². The molecule has 2 aromatic rings. The van der Waals surface area contributed by atoms with Gasteiger partial charge in [0, 0.05) is 25.8 Å². The molecule has 1 unspecified atom stereocenters. The molecule has 2 heterocycles. The molecule has 2 amide bonds. The van der Waals surface area contributed by atoms with Crippen LogP contribution in [0.3, 0.4) is 0 Å². The molecule has 4 rings (SSSR count). The maximum absolute atomic E-state index is 14.6. The molecule has 1 fully saturated rings. The minimum Gasteiger partial charge on any atom is -0.491 e. The van der Waals surface area contributed by atoms with Gasteiger partial charge in [-0.2, -0.15) is 0 Å². The lowest BCUT2D eigenvalue weighted by Crippen LogP contribution is -2.40. The summed E-state index contributed by atoms with van der Waals surface area (Å²) in [6, 6.07) is 9.56. The van der Waals surface area contributed by atoms with E-state index in [-0.39, 0.29) is 35.6 Å². The molecule has 6 nitrogen and oxygen atoms in total. The molecule has 174 valence electrons. The van der Waals surface area contributed by atoms with E-state index in [1.54, 1.807) is 29.2 Å². The summed E-state index contributed by atoms with van der Waals surface area (Å²) in [5.74, 6) is -2.55. The third-order valence-electron chi connectivity index (χ3n) is 5.82. The molecular weight excluding hydrogens is 430 g/mol. The normalized spacial score (nSPS) is 19.2. The number of ether oxygens (including phenoxy) is 1. The van der Waals surface area contributed by atoms with Gasteiger partial charge in [0.15, 0.2) is 0 Å². The SMILES string of the molecule is CC(C)Oc1ccc(C2=C(N3CCCC(CO)C3)C(=O)N(c3ccc(F)cc3F)C2=O)cc1. The molecule has 1 N–H and O–H groups in total. The first-order valence-corrected chi connectivity index (χ1v) is 11.0. The number of anilines is 1. The van der Waals surface area contributed by atoms with Gasteiger partial charge in [-0.3, -0.25) is 9.59 Å². The number of imide groups is 1. The van der Waals surface area contributed by atoms with Crippen molar-refractivity contribution in [2.24, 2.45) is 5.92 Å². The molecule has 0 saturated carbocycles. The lowest BCUT2D eigenvalue weighted by Gasteiger charge is -2.34. The van der Waals surface area contributed by atoms with Crippen LogP contribution in [0.2, 0.25) is 0 Å². The van der Waals surface area contributed by atoms with E-state index in [2.05, 4.69) is 0 Å². The highest BCUT2D eigenvalue weighted by Crippen LogP contribution is 2.37. The number of carbonyl (C=O) groups excluding carboxylic acids is 2. The van der Waals surface area contributed by atoms with Crippen LogP contribution in [-0.4, -0.2) is 47.6 Å². The number of aliphatic hydroxyl groups is 1. The van der Waals surface area contributed by atoms with Crippen LogP contribution in [-0.2, 0) is 9.59 Å². The quantitative estimate of drug-likeness (QED) is 0.671. The van der Waals surface area contributed by atoms with Crippen LogP contribution in [0.1, 0.15) is 32.3 Å². The number of carbonyl (C=O) groups is 2. The van der Waals surface area contributed by atoms with Crippen molar-refractivity contribution in [3.63, 3.8) is 0 Å². The number of piperidine rings is 1. The number of aliphatic hydroxyl groups excluding tert-OH is 1. The van der Waals surface area contributed by atoms with Gasteiger partial charge in [0.05, 0.1) is 17.4 Å². The van der Waals surface area contributed by atoms with E-state index in [0.717, 1.165) is 29.9 Å². The summed E-state index contributed by atoms with van der Waals surface area (Å²) in [5.41, 5.74) is 0.516. The first-order valence-electron chi connectivity index (χ1n) is 11.0. The number of likely N-dealkylation sites (tertiary alicyclic amines) is 1. The molecule has 2 aliphatic heterocycles. The Bertz CT molecular complexity index is 1100. The number of rotatable bonds is 6. The van der Waals surface area contributed by atoms with Crippen LogP contribution >= 0.6 is 0 Å². The summed E-state index contributed by atoms with van der Waals surface area (Å²) >= 11 is 0. The van der Waals surface area contributed by atoms with E-state index < -0.39 is 23.4 Å². The monoisotopic (exact) mass is 456 g/mol. The third kappa shape index (κ3) is 4.48. The highest BCUT2D eigenvalue weighted by molar-refractivity contribution is 6.45. The lowest BCUT2D eigenvalue weighted by molar-refractivity contribution is -0.121. The van der Waals surface area contributed by atoms with E-state index in [1.165, 1.54) is 0 Å². The van der Waals surface area contributed by atoms with Gasteiger partial charge in [-0.05, 0) is 62.4 Å². The number of nitrogens with zero attached hydrogens (tertiary/aromatic N) is 2. The van der Waals surface area contributed by atoms with Crippen molar-refractivity contribution in [3.05, 3.63) is 65.4 Å². The van der Waals surface area contributed by atoms with Gasteiger partial charge in [0.25, 0.3) is 11.8 Å². The molecule has 0 radical (unpaired) electrons. The maximum atomic E-state index is 14.6. The van der Waals surface area contributed by atoms with E-state index >= 15 is 0 Å². The van der Waals surface area contributed by atoms with E-state index in [1.807, 2.05) is 13.8 Å². The molecule has 1 atom stereocenters. The Labute approximate surface area is 191 Å². The number of hydrogen-bond donors (Lipinski definition) is 1. The molecule has 2 aromatic carbocycles. The second-order valence-electron chi connectivity index (χ2n) is 8.59. The van der Waals surface area contributed by atoms with Gasteiger partial charge in [-0.1, -0.05) is 12.1 Å². The van der Waals surface area contributed by atoms with Crippen LogP contribution in [0.25, 0.3) is 5.57 Å². The van der Waals surface area contributed by atoms with Crippen molar-refractivity contribution in [2.75, 3.05) is 24.6 Å². The first-order chi connectivity index (χ1) is 15.8. The number of amides is 2. The van der Waals surface area contributed by atoms with Gasteiger partial charge >= 0.3 is 0 Å². The second-order valence-corrected chi connectivity index (χ2v) is 8.59. The predicted octanol–water partition coefficient (Wildman–Crippen LogP) is 3.74. The van der Waals surface area contributed by atoms with Crippen LogP contribution in [0.15, 0.2) is 48.2 Å². The Balaban J connectivity index is 1.79. The maximum Gasteiger partial charge on any atom is 0.282 e. The van der Waals surface area contributed by atoms with Crippen molar-refractivity contribution >= 4 is 23.1 Å². The average Bonchev–Trinajstić information content (AvgIpc) is 3.04. The minimum absolute atomic E-state index is 0.0268. The summed E-state index contributed by atoms with van der Waals surface area (Å²) in [5, 5.41) is 9.64. The van der Waals surface area contributed by atoms with E-state index in [9.17, 15) is 23.5 Å². The molecular formula is C25H26F2N2O4. The minimum atomic E-state index is -0.995. The Hall–Kier alpha value is -3.26. The van der Waals surface area contributed by atoms with Crippen LogP contribution in [0.4, 0.5) is 14.5 Å². The zero-order valence-corrected chi connectivity index (χ0v) is 18.6. The zero-order chi connectivity index (χ0) is 23.7. The van der Waals surface area contributed by atoms with Crippen molar-refractivity contribution in [1.82, 2.24) is 4.90 Å². The molecule has 0 aliphatic carbocycles. The van der Waals surface area contributed by atoms with Gasteiger partial charge < -0.3 is 14.7 Å². The summed E-state index contributed by atoms with van der Waals surface area (Å²) in [6.07, 6.45) is 1.53. The van der Waals surface area contributed by atoms with Gasteiger partial charge in [0.1, 0.15) is 23.1 Å². The largest absolute Gasteiger partial charge is 0.491 e. The summed E-state index contributed by atoms with van der Waals surface area (Å²) < 4.78 is 33.7. The van der Waals surface area contributed by atoms with E-state index in [4.69, 9.17) is 4.74 Å². The third-order valence-corrected chi connectivity index (χ3v) is 5.82. The predicted molar refractivity (Wildman–Crippen MR) is 119 cm³/mol. The fourth-order valence-corrected chi connectivity index (χ4v) is 4.34. The Morgan fingerprint density at radius 1 is 1.09 bits per heavy atom. The standard InChI is InChI=1S/C25H26F2N2O4/c1-15(2)33-19-8-5-17(6-9-19)22-23(28-11-3-4-16(13-28)14-30)25(32)29(24(22)31)21-10-7-18(26)12-20(21)27/h5-10,12,15-16,30H,3-4,11,13-14H2,1-2H3. The highest BCUT2D eigenvalue weighted by atomic mass is 19.1. The van der Waals surface area contributed by atoms with Crippen molar-refractivity contribution in [2.45, 2.75) is 32.8 Å². The second kappa shape index (κ2) is 9.31. The van der Waals surface area contributed by atoms with Gasteiger partial charge in [-0.15, -0.1) is 0 Å². The molecule has 0 aromatic heterocycles. The van der Waals surface area contributed by atoms with Crippen molar-refractivity contribution < 1.29 is 28.2 Å². The molecule has 8 heteroatoms. The van der Waals surface area contributed by atoms with Gasteiger partial charge in [0.2, 0.25) is 0 Å². The number of hydrogen-bond acceptors (Lipinski definition) is 5. The summed E-state index contributed by atoms with van der Waals surface area (Å²) in [7, 11) is 0. The zero-order valence-electron chi connectivity index (χ0n) is 18.6. The van der Waals surface area contributed by atoms with E-state index in [0.29, 0.717) is 30.5 Å². The highest BCUT2D eigenvalue weighted by Gasteiger charge is 2.44. The number of halogens is 2. The Kier molecular flexibility index (Phi) is 6.47. The van der Waals surface area contributed by atoms with Crippen molar-refractivity contribution in [1.29, 1.82) is 0 Å². The Morgan fingerprint density at radius 2 is 1.82 bits per heavy atom. The average molecular weight is 456 g/mol. The Morgan fingerprint density at radius 3 is 2.45 bits per heavy atom. The van der Waals surface area contributed by atoms with Crippen LogP contribution < -0.4 is 9.64 Å². The molecule has 2 aliphatic rings. The lowest BCUT2D eigenvalue weighted by atomic mass is 9.97. The fourth-order valence-electron chi connectivity index (χ4n) is 4.34. The van der Waals surface area contributed by atoms with Gasteiger partial charge in [-0.25, -0.2) is 13.7 Å². The van der Waals surface area contributed by atoms with Crippen LogP contribution in [0.5, 0.6) is 5.75 Å².